The first-order valence-corrected chi connectivity index (χ1v) is 10.2. The van der Waals surface area contributed by atoms with Gasteiger partial charge < -0.3 is 10.6 Å². The summed E-state index contributed by atoms with van der Waals surface area (Å²) in [6, 6.07) is 8.63. The molecule has 0 unspecified atom stereocenters. The van der Waals surface area contributed by atoms with E-state index in [0.29, 0.717) is 31.2 Å². The van der Waals surface area contributed by atoms with Crippen molar-refractivity contribution < 1.29 is 13.2 Å². The predicted octanol–water partition coefficient (Wildman–Crippen LogP) is 1.45. The fourth-order valence-corrected chi connectivity index (χ4v) is 5.72. The van der Waals surface area contributed by atoms with Crippen LogP contribution >= 0.6 is 0 Å². The Labute approximate surface area is 136 Å². The van der Waals surface area contributed by atoms with Crippen molar-refractivity contribution in [3.05, 3.63) is 35.4 Å². The third-order valence-electron chi connectivity index (χ3n) is 5.56. The van der Waals surface area contributed by atoms with E-state index in [1.165, 1.54) is 11.1 Å². The standard InChI is InChI=1S/C17H22N2O3S/c20-17(18-10-11-5-7-23(21,22)8-6-11)19-16-14-9-12-3-1-2-4-13(12)15(14)16/h1-4,11,14-16H,5-10H2,(H2,18,19,20)/t14-,15+,16+/m0/s1. The van der Waals surface area contributed by atoms with E-state index in [9.17, 15) is 13.2 Å². The topological polar surface area (TPSA) is 75.3 Å². The highest BCUT2D eigenvalue weighted by atomic mass is 32.2. The fourth-order valence-electron chi connectivity index (χ4n) is 4.13. The van der Waals surface area contributed by atoms with Crippen LogP contribution in [0, 0.1) is 11.8 Å². The van der Waals surface area contributed by atoms with Crippen molar-refractivity contribution in [2.75, 3.05) is 18.1 Å². The summed E-state index contributed by atoms with van der Waals surface area (Å²) in [5, 5.41) is 6.00. The lowest BCUT2D eigenvalue weighted by molar-refractivity contribution is 0.237. The molecule has 124 valence electrons. The van der Waals surface area contributed by atoms with Crippen molar-refractivity contribution in [3.63, 3.8) is 0 Å². The molecule has 1 saturated heterocycles. The zero-order chi connectivity index (χ0) is 16.0. The number of amides is 2. The van der Waals surface area contributed by atoms with E-state index in [-0.39, 0.29) is 29.5 Å². The summed E-state index contributed by atoms with van der Waals surface area (Å²) in [6.07, 6.45) is 2.38. The fraction of sp³-hybridized carbons (Fsp3) is 0.588. The molecule has 1 saturated carbocycles. The van der Waals surface area contributed by atoms with E-state index >= 15 is 0 Å². The maximum Gasteiger partial charge on any atom is 0.315 e. The number of urea groups is 1. The lowest BCUT2D eigenvalue weighted by Crippen LogP contribution is -2.41. The van der Waals surface area contributed by atoms with Gasteiger partial charge in [0.05, 0.1) is 11.5 Å². The minimum absolute atomic E-state index is 0.115. The summed E-state index contributed by atoms with van der Waals surface area (Å²) in [5.41, 5.74) is 2.81. The predicted molar refractivity (Wildman–Crippen MR) is 88.1 cm³/mol. The van der Waals surface area contributed by atoms with Gasteiger partial charge in [0.1, 0.15) is 9.84 Å². The van der Waals surface area contributed by atoms with Gasteiger partial charge in [0.2, 0.25) is 0 Å². The van der Waals surface area contributed by atoms with Crippen LogP contribution in [0.25, 0.3) is 0 Å². The number of hydrogen-bond acceptors (Lipinski definition) is 3. The molecule has 0 spiro atoms. The molecule has 6 heteroatoms. The molecular weight excluding hydrogens is 312 g/mol. The Balaban J connectivity index is 1.24. The third-order valence-corrected chi connectivity index (χ3v) is 7.28. The molecule has 3 atom stereocenters. The molecule has 1 aliphatic heterocycles. The zero-order valence-electron chi connectivity index (χ0n) is 13.0. The van der Waals surface area contributed by atoms with Gasteiger partial charge in [0, 0.05) is 18.5 Å². The summed E-state index contributed by atoms with van der Waals surface area (Å²) in [5.74, 6) is 1.83. The highest BCUT2D eigenvalue weighted by Crippen LogP contribution is 2.56. The van der Waals surface area contributed by atoms with E-state index < -0.39 is 9.84 Å². The maximum absolute atomic E-state index is 12.1. The summed E-state index contributed by atoms with van der Waals surface area (Å²) in [4.78, 5) is 12.1. The van der Waals surface area contributed by atoms with Crippen LogP contribution in [0.4, 0.5) is 4.79 Å². The second-order valence-corrected chi connectivity index (χ2v) is 9.37. The molecule has 0 radical (unpaired) electrons. The number of carbonyl (C=O) groups is 1. The molecule has 1 aromatic rings. The van der Waals surface area contributed by atoms with E-state index in [4.69, 9.17) is 0 Å². The van der Waals surface area contributed by atoms with Crippen LogP contribution in [0.1, 0.15) is 29.9 Å². The molecule has 3 aliphatic rings. The molecule has 0 bridgehead atoms. The summed E-state index contributed by atoms with van der Waals surface area (Å²) in [6.45, 7) is 0.569. The van der Waals surface area contributed by atoms with Gasteiger partial charge in [-0.05, 0) is 42.2 Å². The highest BCUT2D eigenvalue weighted by Gasteiger charge is 2.56. The number of carbonyl (C=O) groups excluding carboxylic acids is 1. The van der Waals surface area contributed by atoms with Gasteiger partial charge in [-0.3, -0.25) is 0 Å². The number of fused-ring (bicyclic) bond motifs is 3. The van der Waals surface area contributed by atoms with Gasteiger partial charge in [-0.2, -0.15) is 0 Å². The van der Waals surface area contributed by atoms with E-state index in [2.05, 4.69) is 34.9 Å². The average Bonchev–Trinajstić information content (AvgIpc) is 3.03. The van der Waals surface area contributed by atoms with Crippen LogP contribution in [0.2, 0.25) is 0 Å². The van der Waals surface area contributed by atoms with Crippen molar-refractivity contribution in [1.29, 1.82) is 0 Å². The summed E-state index contributed by atoms with van der Waals surface area (Å²) < 4.78 is 22.8. The van der Waals surface area contributed by atoms with Gasteiger partial charge >= 0.3 is 6.03 Å². The third kappa shape index (κ3) is 2.96. The molecule has 5 nitrogen and oxygen atoms in total. The molecule has 2 aliphatic carbocycles. The monoisotopic (exact) mass is 334 g/mol. The number of sulfone groups is 1. The van der Waals surface area contributed by atoms with Gasteiger partial charge in [-0.15, -0.1) is 0 Å². The second kappa shape index (κ2) is 5.51. The molecule has 2 amide bonds. The number of benzene rings is 1. The van der Waals surface area contributed by atoms with Gasteiger partial charge in [0.25, 0.3) is 0 Å². The smallest absolute Gasteiger partial charge is 0.315 e. The quantitative estimate of drug-likeness (QED) is 0.878. The van der Waals surface area contributed by atoms with Crippen LogP contribution in [0.3, 0.4) is 0 Å². The highest BCUT2D eigenvalue weighted by molar-refractivity contribution is 7.91. The molecular formula is C17H22N2O3S. The van der Waals surface area contributed by atoms with Crippen LogP contribution in [0.15, 0.2) is 24.3 Å². The largest absolute Gasteiger partial charge is 0.338 e. The first-order valence-electron chi connectivity index (χ1n) is 8.36. The minimum Gasteiger partial charge on any atom is -0.338 e. The van der Waals surface area contributed by atoms with Crippen LogP contribution in [0.5, 0.6) is 0 Å². The first-order chi connectivity index (χ1) is 11.0. The van der Waals surface area contributed by atoms with Gasteiger partial charge in [-0.1, -0.05) is 24.3 Å². The van der Waals surface area contributed by atoms with Crippen LogP contribution in [-0.2, 0) is 16.3 Å². The Morgan fingerprint density at radius 2 is 1.91 bits per heavy atom. The van der Waals surface area contributed by atoms with E-state index in [0.717, 1.165) is 6.42 Å². The lowest BCUT2D eigenvalue weighted by Gasteiger charge is -2.22. The lowest BCUT2D eigenvalue weighted by atomic mass is 10.0. The average molecular weight is 334 g/mol. The normalized spacial score (nSPS) is 31.0. The Morgan fingerprint density at radius 3 is 2.70 bits per heavy atom. The Hall–Kier alpha value is -1.56. The van der Waals surface area contributed by atoms with Crippen LogP contribution < -0.4 is 10.6 Å². The Morgan fingerprint density at radius 1 is 1.17 bits per heavy atom. The molecule has 23 heavy (non-hydrogen) atoms. The van der Waals surface area contributed by atoms with Gasteiger partial charge in [-0.25, -0.2) is 13.2 Å². The second-order valence-electron chi connectivity index (χ2n) is 7.07. The number of nitrogens with one attached hydrogen (secondary N) is 2. The van der Waals surface area contributed by atoms with Crippen LogP contribution in [-0.4, -0.2) is 38.5 Å². The number of hydrogen-bond donors (Lipinski definition) is 2. The van der Waals surface area contributed by atoms with Crippen molar-refractivity contribution in [3.8, 4) is 0 Å². The zero-order valence-corrected chi connectivity index (χ0v) is 13.8. The van der Waals surface area contributed by atoms with Crippen molar-refractivity contribution >= 4 is 15.9 Å². The minimum atomic E-state index is -2.83. The van der Waals surface area contributed by atoms with Gasteiger partial charge in [0.15, 0.2) is 0 Å². The molecule has 4 rings (SSSR count). The van der Waals surface area contributed by atoms with Crippen molar-refractivity contribution in [1.82, 2.24) is 10.6 Å². The Bertz CT molecular complexity index is 717. The SMILES string of the molecule is O=C(NCC1CCS(=O)(=O)CC1)N[C@@H]1[C@H]2Cc3ccccc3[C@H]21. The Kier molecular flexibility index (Phi) is 3.59. The van der Waals surface area contributed by atoms with Crippen molar-refractivity contribution in [2.45, 2.75) is 31.2 Å². The summed E-state index contributed by atoms with van der Waals surface area (Å²) in [7, 11) is -2.83. The van der Waals surface area contributed by atoms with E-state index in [1.807, 2.05) is 0 Å². The van der Waals surface area contributed by atoms with E-state index in [1.54, 1.807) is 0 Å². The molecule has 1 heterocycles. The molecule has 0 aromatic heterocycles. The first kappa shape index (κ1) is 15.0. The molecule has 2 N–H and O–H groups in total. The molecule has 2 fully saturated rings. The van der Waals surface area contributed by atoms with Crippen molar-refractivity contribution in [2.24, 2.45) is 11.8 Å². The molecule has 1 aromatic carbocycles. The summed E-state index contributed by atoms with van der Waals surface area (Å²) >= 11 is 0. The number of rotatable bonds is 3. The maximum atomic E-state index is 12.1.